The molecular formula is C34H44Cl2SiZr. The van der Waals surface area contributed by atoms with Crippen LogP contribution in [0.1, 0.15) is 82.5 Å². The summed E-state index contributed by atoms with van der Waals surface area (Å²) in [6, 6.07) is 25.7. The van der Waals surface area contributed by atoms with Crippen molar-refractivity contribution in [2.24, 2.45) is 0 Å². The Morgan fingerprint density at radius 2 is 1.42 bits per heavy atom. The van der Waals surface area contributed by atoms with Crippen LogP contribution in [0.25, 0.3) is 22.8 Å². The Bertz CT molecular complexity index is 1470. The van der Waals surface area contributed by atoms with Crippen molar-refractivity contribution in [2.75, 3.05) is 0 Å². The van der Waals surface area contributed by atoms with Crippen LogP contribution >= 0.6 is 24.8 Å². The van der Waals surface area contributed by atoms with Crippen LogP contribution < -0.4 is 0 Å². The number of allylic oxidation sites excluding steroid dienone is 3. The van der Waals surface area contributed by atoms with E-state index in [-0.39, 0.29) is 30.2 Å². The predicted octanol–water partition coefficient (Wildman–Crippen LogP) is 10.2. The Morgan fingerprint density at radius 3 is 2.05 bits per heavy atom. The number of hydrogen-bond acceptors (Lipinski definition) is 0. The topological polar surface area (TPSA) is 0 Å². The van der Waals surface area contributed by atoms with E-state index in [1.165, 1.54) is 40.7 Å². The van der Waals surface area contributed by atoms with Crippen LogP contribution in [-0.2, 0) is 22.8 Å². The Balaban J connectivity index is 0.00000200. The molecular weight excluding hydrogens is 599 g/mol. The van der Waals surface area contributed by atoms with Crippen LogP contribution in [0.15, 0.2) is 78.4 Å². The molecule has 0 bridgehead atoms. The van der Waals surface area contributed by atoms with Gasteiger partial charge in [0.05, 0.1) is 0 Å². The summed E-state index contributed by atoms with van der Waals surface area (Å²) in [6.07, 6.45) is 7.62. The Hall–Kier alpha value is -1.18. The molecule has 3 aromatic carbocycles. The maximum absolute atomic E-state index is 3.39. The quantitative estimate of drug-likeness (QED) is 0.243. The van der Waals surface area contributed by atoms with Gasteiger partial charge in [0.1, 0.15) is 0 Å². The Kier molecular flexibility index (Phi) is 9.08. The van der Waals surface area contributed by atoms with Crippen molar-refractivity contribution in [2.45, 2.75) is 69.4 Å². The largest absolute Gasteiger partial charge is 0.147 e. The molecule has 0 spiro atoms. The van der Waals surface area contributed by atoms with Gasteiger partial charge in [-0.1, -0.05) is 0 Å². The first-order chi connectivity index (χ1) is 16.9. The number of fused-ring (bicyclic) bond motifs is 2. The standard InChI is InChI=1S/C20H21.C12H13.2CH3.2ClH.H2Si.Zr/c1-14-12-16-6-5-7-18(19(16)13-14)15-8-10-17(11-9-15)20(2,3)4;1-2-5-10-8-9-11-6-3-4-7-12(10)11;;;;;;/h5-13H,1-4H3;3-4,6-9H,2,5H2,1H3;2*1H3;2*1H;1H2;. The van der Waals surface area contributed by atoms with Gasteiger partial charge in [-0.05, 0) is 0 Å². The first-order valence-electron chi connectivity index (χ1n) is 13.7. The van der Waals surface area contributed by atoms with Gasteiger partial charge in [-0.2, -0.15) is 0 Å². The summed E-state index contributed by atoms with van der Waals surface area (Å²) in [7, 11) is 0. The van der Waals surface area contributed by atoms with Gasteiger partial charge in [-0.25, -0.2) is 0 Å². The summed E-state index contributed by atoms with van der Waals surface area (Å²) in [6.45, 7) is 14.0. The Morgan fingerprint density at radius 1 is 0.816 bits per heavy atom. The minimum atomic E-state index is -3.39. The van der Waals surface area contributed by atoms with Gasteiger partial charge >= 0.3 is 223 Å². The number of rotatable bonds is 5. The van der Waals surface area contributed by atoms with Gasteiger partial charge in [0.2, 0.25) is 0 Å². The molecule has 2 atom stereocenters. The van der Waals surface area contributed by atoms with E-state index in [0.717, 1.165) is 0 Å². The minimum Gasteiger partial charge on any atom is -0.147 e. The zero-order chi connectivity index (χ0) is 25.9. The van der Waals surface area contributed by atoms with Crippen LogP contribution in [0.4, 0.5) is 0 Å². The zero-order valence-electron chi connectivity index (χ0n) is 24.1. The van der Waals surface area contributed by atoms with Crippen LogP contribution in [0, 0.1) is 0 Å². The molecule has 2 aliphatic rings. The fourth-order valence-electron chi connectivity index (χ4n) is 7.10. The molecule has 0 saturated carbocycles. The van der Waals surface area contributed by atoms with Crippen molar-refractivity contribution in [3.8, 4) is 11.1 Å². The number of hydrogen-bond donors (Lipinski definition) is 0. The molecule has 0 aromatic heterocycles. The van der Waals surface area contributed by atoms with E-state index in [4.69, 9.17) is 0 Å². The maximum atomic E-state index is 2.73. The van der Waals surface area contributed by atoms with E-state index in [1.807, 2.05) is 0 Å². The summed E-state index contributed by atoms with van der Waals surface area (Å²) >= 11 is -3.39. The first kappa shape index (κ1) is 31.3. The van der Waals surface area contributed by atoms with Crippen molar-refractivity contribution in [1.82, 2.24) is 0 Å². The molecule has 0 aliphatic heterocycles. The number of halogens is 2. The van der Waals surface area contributed by atoms with E-state index in [9.17, 15) is 0 Å². The fourth-order valence-corrected chi connectivity index (χ4v) is 25.2. The Labute approximate surface area is 245 Å². The zero-order valence-corrected chi connectivity index (χ0v) is 29.6. The minimum absolute atomic E-state index is 0. The molecule has 2 unspecified atom stereocenters. The molecule has 2 aliphatic carbocycles. The van der Waals surface area contributed by atoms with Gasteiger partial charge < -0.3 is 0 Å². The molecule has 3 aromatic rings. The molecule has 0 heterocycles. The SMILES string of the molecule is CCCC1=C[CH]([Zr]([CH3])([CH3])(=[SiH2])[CH]2C(C)=Cc3c(-c4ccc(C(C)(C)C)cc4)cccc32)c2ccccc21.Cl.Cl. The molecule has 5 rings (SSSR count). The second-order valence-corrected chi connectivity index (χ2v) is 44.0. The second kappa shape index (κ2) is 11.0. The van der Waals surface area contributed by atoms with Crippen molar-refractivity contribution >= 4 is 43.3 Å². The van der Waals surface area contributed by atoms with Gasteiger partial charge in [-0.3, -0.25) is 0 Å². The van der Waals surface area contributed by atoms with Crippen LogP contribution in [0.5, 0.6) is 0 Å². The van der Waals surface area contributed by atoms with E-state index in [0.29, 0.717) is 7.25 Å². The second-order valence-electron chi connectivity index (χ2n) is 13.4. The van der Waals surface area contributed by atoms with Gasteiger partial charge in [-0.15, -0.1) is 24.8 Å². The molecule has 202 valence electrons. The first-order valence-corrected chi connectivity index (χ1v) is 27.4. The normalized spacial score (nSPS) is 18.5. The molecule has 4 heteroatoms. The summed E-state index contributed by atoms with van der Waals surface area (Å²) in [5, 5.41) is 0. The smallest absolute Gasteiger partial charge is 0.147 e. The number of benzene rings is 3. The monoisotopic (exact) mass is 640 g/mol. The van der Waals surface area contributed by atoms with E-state index in [2.05, 4.69) is 130 Å². The summed E-state index contributed by atoms with van der Waals surface area (Å²) in [5.74, 6) is 0. The average molecular weight is 643 g/mol. The van der Waals surface area contributed by atoms with Gasteiger partial charge in [0.15, 0.2) is 0 Å². The van der Waals surface area contributed by atoms with Crippen molar-refractivity contribution < 1.29 is 17.4 Å². The van der Waals surface area contributed by atoms with Gasteiger partial charge in [0, 0.05) is 0 Å². The third-order valence-corrected chi connectivity index (χ3v) is 26.6. The van der Waals surface area contributed by atoms with Crippen molar-refractivity contribution in [1.29, 1.82) is 0 Å². The van der Waals surface area contributed by atoms with Crippen LogP contribution in [0.2, 0.25) is 9.26 Å². The molecule has 0 radical (unpaired) electrons. The third kappa shape index (κ3) is 5.28. The van der Waals surface area contributed by atoms with Crippen molar-refractivity contribution in [3.05, 3.63) is 106 Å². The van der Waals surface area contributed by atoms with E-state index >= 15 is 0 Å². The van der Waals surface area contributed by atoms with E-state index < -0.39 is 17.4 Å². The summed E-state index contributed by atoms with van der Waals surface area (Å²) < 4.78 is 6.63. The van der Waals surface area contributed by atoms with Crippen LogP contribution in [-0.4, -0.2) is 6.88 Å². The maximum Gasteiger partial charge on any atom is -0.147 e. The average Bonchev–Trinajstić information content (AvgIpc) is 3.37. The molecule has 0 fully saturated rings. The molecule has 0 saturated heterocycles. The van der Waals surface area contributed by atoms with Crippen LogP contribution in [0.3, 0.4) is 0 Å². The summed E-state index contributed by atoms with van der Waals surface area (Å²) in [5.41, 5.74) is 13.6. The van der Waals surface area contributed by atoms with E-state index in [1.54, 1.807) is 22.3 Å². The molecule has 38 heavy (non-hydrogen) atoms. The summed E-state index contributed by atoms with van der Waals surface area (Å²) in [4.78, 5) is 0. The molecule has 0 N–H and O–H groups in total. The third-order valence-electron chi connectivity index (χ3n) is 8.84. The molecule has 0 amide bonds. The molecule has 0 nitrogen and oxygen atoms in total. The van der Waals surface area contributed by atoms with Crippen molar-refractivity contribution in [3.63, 3.8) is 0 Å². The van der Waals surface area contributed by atoms with Gasteiger partial charge in [0.25, 0.3) is 0 Å². The predicted molar refractivity (Wildman–Crippen MR) is 174 cm³/mol. The fraction of sp³-hybridized carbons (Fsp3) is 0.353.